The quantitative estimate of drug-likeness (QED) is 0.668. The molecule has 0 aliphatic rings. The molecule has 18 heavy (non-hydrogen) atoms. The lowest BCUT2D eigenvalue weighted by Crippen LogP contribution is -2.39. The lowest BCUT2D eigenvalue weighted by atomic mass is 10.3. The first-order valence-corrected chi connectivity index (χ1v) is 5.95. The fourth-order valence-electron chi connectivity index (χ4n) is 0.840. The van der Waals surface area contributed by atoms with Crippen LogP contribution in [0.2, 0.25) is 5.15 Å². The van der Waals surface area contributed by atoms with E-state index in [4.69, 9.17) is 51.1 Å². The van der Waals surface area contributed by atoms with Crippen LogP contribution in [0.15, 0.2) is 18.3 Å². The molecule has 0 atom stereocenters. The van der Waals surface area contributed by atoms with Crippen molar-refractivity contribution in [1.29, 1.82) is 0 Å². The number of imide groups is 1. The van der Waals surface area contributed by atoms with Crippen molar-refractivity contribution in [3.63, 3.8) is 0 Å². The lowest BCUT2D eigenvalue weighted by Gasteiger charge is -2.10. The van der Waals surface area contributed by atoms with E-state index in [1.54, 1.807) is 11.4 Å². The molecule has 0 spiro atoms. The Bertz CT molecular complexity index is 444. The second-order valence-corrected chi connectivity index (χ2v) is 5.69. The standard InChI is InChI=1S/C9H6Cl4N2O3/c10-6-2-1-5(3-14-6)4-18-8(17)15-7(16)9(11,12)13/h1-3H,4H2,(H,15,16,17). The number of carbonyl (C=O) groups excluding carboxylic acids is 2. The van der Waals surface area contributed by atoms with Crippen LogP contribution in [0.5, 0.6) is 0 Å². The van der Waals surface area contributed by atoms with Crippen molar-refractivity contribution in [3.05, 3.63) is 29.0 Å². The number of rotatable bonds is 2. The Labute approximate surface area is 122 Å². The first-order chi connectivity index (χ1) is 8.29. The maximum Gasteiger partial charge on any atom is 0.414 e. The molecule has 2 amide bonds. The van der Waals surface area contributed by atoms with E-state index >= 15 is 0 Å². The molecule has 0 aliphatic heterocycles. The molecule has 9 heteroatoms. The summed E-state index contributed by atoms with van der Waals surface area (Å²) in [5.74, 6) is -1.09. The van der Waals surface area contributed by atoms with Gasteiger partial charge in [0, 0.05) is 11.8 Å². The van der Waals surface area contributed by atoms with Gasteiger partial charge in [0.2, 0.25) is 0 Å². The molecule has 1 rings (SSSR count). The van der Waals surface area contributed by atoms with Gasteiger partial charge in [-0.05, 0) is 6.07 Å². The highest BCUT2D eigenvalue weighted by atomic mass is 35.6. The summed E-state index contributed by atoms with van der Waals surface area (Å²) in [5.41, 5.74) is 0.593. The van der Waals surface area contributed by atoms with Gasteiger partial charge in [0.05, 0.1) is 0 Å². The van der Waals surface area contributed by atoms with Gasteiger partial charge in [-0.1, -0.05) is 52.5 Å². The topological polar surface area (TPSA) is 68.3 Å². The molecule has 0 saturated carbocycles. The normalized spacial score (nSPS) is 10.9. The SMILES string of the molecule is O=C(NC(=O)C(Cl)(Cl)Cl)OCc1ccc(Cl)nc1. The number of amides is 2. The Morgan fingerprint density at radius 2 is 2.00 bits per heavy atom. The van der Waals surface area contributed by atoms with E-state index in [9.17, 15) is 9.59 Å². The number of nitrogens with zero attached hydrogens (tertiary/aromatic N) is 1. The summed E-state index contributed by atoms with van der Waals surface area (Å²) in [6.45, 7) is -0.0941. The largest absolute Gasteiger partial charge is 0.444 e. The number of nitrogens with one attached hydrogen (secondary N) is 1. The maximum absolute atomic E-state index is 11.2. The van der Waals surface area contributed by atoms with Gasteiger partial charge in [-0.3, -0.25) is 10.1 Å². The Morgan fingerprint density at radius 1 is 1.33 bits per heavy atom. The molecule has 0 bridgehead atoms. The molecule has 1 heterocycles. The Balaban J connectivity index is 2.42. The zero-order valence-corrected chi connectivity index (χ0v) is 11.6. The molecule has 0 saturated heterocycles. The summed E-state index contributed by atoms with van der Waals surface area (Å²) in [4.78, 5) is 26.0. The van der Waals surface area contributed by atoms with Crippen LogP contribution in [0.25, 0.3) is 0 Å². The molecule has 0 radical (unpaired) electrons. The minimum Gasteiger partial charge on any atom is -0.444 e. The molecule has 1 aromatic heterocycles. The van der Waals surface area contributed by atoms with Crippen molar-refractivity contribution in [2.75, 3.05) is 0 Å². The van der Waals surface area contributed by atoms with Crippen molar-refractivity contribution in [2.45, 2.75) is 10.4 Å². The Kier molecular flexibility index (Phi) is 5.47. The van der Waals surface area contributed by atoms with Gasteiger partial charge in [-0.2, -0.15) is 0 Å². The first kappa shape index (κ1) is 15.3. The predicted molar refractivity (Wildman–Crippen MR) is 67.9 cm³/mol. The highest BCUT2D eigenvalue weighted by molar-refractivity contribution is 6.76. The number of ether oxygens (including phenoxy) is 1. The van der Waals surface area contributed by atoms with E-state index in [0.717, 1.165) is 0 Å². The third kappa shape index (κ3) is 5.27. The fraction of sp³-hybridized carbons (Fsp3) is 0.222. The second kappa shape index (κ2) is 6.43. The first-order valence-electron chi connectivity index (χ1n) is 4.44. The van der Waals surface area contributed by atoms with Gasteiger partial charge in [0.25, 0.3) is 9.70 Å². The summed E-state index contributed by atoms with van der Waals surface area (Å²) >= 11 is 21.3. The molecule has 1 aromatic rings. The average molecular weight is 332 g/mol. The van der Waals surface area contributed by atoms with Crippen molar-refractivity contribution >= 4 is 58.4 Å². The van der Waals surface area contributed by atoms with E-state index in [1.807, 2.05) is 0 Å². The fourth-order valence-corrected chi connectivity index (χ4v) is 1.09. The number of hydrogen-bond donors (Lipinski definition) is 1. The zero-order chi connectivity index (χ0) is 13.8. The molecule has 98 valence electrons. The van der Waals surface area contributed by atoms with Crippen LogP contribution in [0.3, 0.4) is 0 Å². The van der Waals surface area contributed by atoms with Gasteiger partial charge in [-0.25, -0.2) is 9.78 Å². The Morgan fingerprint density at radius 3 is 2.50 bits per heavy atom. The number of hydrogen-bond acceptors (Lipinski definition) is 4. The maximum atomic E-state index is 11.2. The van der Waals surface area contributed by atoms with E-state index in [1.165, 1.54) is 12.3 Å². The molecule has 0 unspecified atom stereocenters. The van der Waals surface area contributed by atoms with Gasteiger partial charge >= 0.3 is 6.09 Å². The van der Waals surface area contributed by atoms with Crippen LogP contribution in [0.4, 0.5) is 4.79 Å². The molecular weight excluding hydrogens is 326 g/mol. The molecule has 0 aliphatic carbocycles. The van der Waals surface area contributed by atoms with Crippen molar-refractivity contribution in [3.8, 4) is 0 Å². The molecule has 0 aromatic carbocycles. The van der Waals surface area contributed by atoms with Gasteiger partial charge in [0.1, 0.15) is 11.8 Å². The highest BCUT2D eigenvalue weighted by Crippen LogP contribution is 2.25. The minimum atomic E-state index is -2.22. The van der Waals surface area contributed by atoms with Crippen molar-refractivity contribution in [2.24, 2.45) is 0 Å². The number of aromatic nitrogens is 1. The summed E-state index contributed by atoms with van der Waals surface area (Å²) in [6.07, 6.45) is 0.396. The number of alkyl halides is 3. The van der Waals surface area contributed by atoms with Crippen LogP contribution < -0.4 is 5.32 Å². The van der Waals surface area contributed by atoms with E-state index in [-0.39, 0.29) is 6.61 Å². The van der Waals surface area contributed by atoms with Crippen LogP contribution in [0, 0.1) is 0 Å². The van der Waals surface area contributed by atoms with Crippen LogP contribution in [0.1, 0.15) is 5.56 Å². The van der Waals surface area contributed by atoms with Crippen molar-refractivity contribution in [1.82, 2.24) is 10.3 Å². The molecule has 0 fully saturated rings. The van der Waals surface area contributed by atoms with Crippen LogP contribution in [-0.2, 0) is 16.1 Å². The van der Waals surface area contributed by atoms with Crippen molar-refractivity contribution < 1.29 is 14.3 Å². The third-order valence-corrected chi connectivity index (χ3v) is 2.37. The summed E-state index contributed by atoms with van der Waals surface area (Å²) in [6, 6.07) is 3.14. The number of pyridine rings is 1. The minimum absolute atomic E-state index is 0.0941. The molecular formula is C9H6Cl4N2O3. The molecule has 5 nitrogen and oxygen atoms in total. The zero-order valence-electron chi connectivity index (χ0n) is 8.62. The van der Waals surface area contributed by atoms with E-state index in [2.05, 4.69) is 4.98 Å². The number of halogens is 4. The van der Waals surface area contributed by atoms with Gasteiger partial charge < -0.3 is 4.74 Å². The summed E-state index contributed by atoms with van der Waals surface area (Å²) < 4.78 is 2.48. The Hall–Kier alpha value is -0.750. The van der Waals surface area contributed by atoms with Crippen LogP contribution >= 0.6 is 46.4 Å². The molecule has 1 N–H and O–H groups in total. The highest BCUT2D eigenvalue weighted by Gasteiger charge is 2.32. The van der Waals surface area contributed by atoms with E-state index in [0.29, 0.717) is 10.7 Å². The van der Waals surface area contributed by atoms with Gasteiger partial charge in [-0.15, -0.1) is 0 Å². The summed E-state index contributed by atoms with van der Waals surface area (Å²) in [7, 11) is 0. The summed E-state index contributed by atoms with van der Waals surface area (Å²) in [5, 5.41) is 2.07. The smallest absolute Gasteiger partial charge is 0.414 e. The second-order valence-electron chi connectivity index (χ2n) is 3.02. The number of alkyl carbamates (subject to hydrolysis) is 1. The van der Waals surface area contributed by atoms with E-state index < -0.39 is 15.8 Å². The predicted octanol–water partition coefficient (Wildman–Crippen LogP) is 2.86. The van der Waals surface area contributed by atoms with Crippen LogP contribution in [-0.4, -0.2) is 20.8 Å². The monoisotopic (exact) mass is 330 g/mol. The number of carbonyl (C=O) groups is 2. The van der Waals surface area contributed by atoms with Gasteiger partial charge in [0.15, 0.2) is 0 Å². The lowest BCUT2D eigenvalue weighted by molar-refractivity contribution is -0.119. The average Bonchev–Trinajstić information content (AvgIpc) is 2.27. The third-order valence-electron chi connectivity index (χ3n) is 1.63.